The molecule has 1 aliphatic carbocycles. The topological polar surface area (TPSA) is 52.6 Å². The van der Waals surface area contributed by atoms with Crippen molar-refractivity contribution in [3.63, 3.8) is 0 Å². The Morgan fingerprint density at radius 1 is 1.65 bits per heavy atom. The predicted octanol–water partition coefficient (Wildman–Crippen LogP) is 1.96. The van der Waals surface area contributed by atoms with Gasteiger partial charge in [-0.05, 0) is 19.3 Å². The van der Waals surface area contributed by atoms with E-state index in [1.54, 1.807) is 0 Å². The maximum atomic E-state index is 12.0. The van der Waals surface area contributed by atoms with E-state index in [-0.39, 0.29) is 12.3 Å². The fraction of sp³-hybridized carbons (Fsp3) is 0.538. The van der Waals surface area contributed by atoms with Crippen LogP contribution in [0.1, 0.15) is 25.7 Å². The van der Waals surface area contributed by atoms with Gasteiger partial charge in [-0.3, -0.25) is 9.59 Å². The number of hydrogen-bond acceptors (Lipinski definition) is 4. The number of carbonyl (C=O) groups is 2. The number of hydrogen-bond donors (Lipinski definition) is 0. The maximum Gasteiger partial charge on any atom is 0.329 e. The molecule has 2 unspecified atom stereocenters. The Kier molecular flexibility index (Phi) is 3.05. The monoisotopic (exact) mass is 236 g/mol. The molecule has 2 aliphatic rings. The van der Waals surface area contributed by atoms with Crippen LogP contribution in [0.5, 0.6) is 0 Å². The lowest BCUT2D eigenvalue weighted by Gasteiger charge is -2.30. The first-order valence-electron chi connectivity index (χ1n) is 5.76. The van der Waals surface area contributed by atoms with Gasteiger partial charge in [0.1, 0.15) is 5.76 Å². The summed E-state index contributed by atoms with van der Waals surface area (Å²) in [4.78, 5) is 24.0. The first-order chi connectivity index (χ1) is 8.11. The molecule has 0 N–H and O–H groups in total. The van der Waals surface area contributed by atoms with Crippen LogP contribution in [0.15, 0.2) is 24.5 Å². The van der Waals surface area contributed by atoms with E-state index in [1.165, 1.54) is 7.11 Å². The molecule has 0 bridgehead atoms. The third-order valence-electron chi connectivity index (χ3n) is 3.51. The molecule has 0 aromatic carbocycles. The highest BCUT2D eigenvalue weighted by molar-refractivity contribution is 6.03. The fourth-order valence-corrected chi connectivity index (χ4v) is 2.64. The van der Waals surface area contributed by atoms with Crippen LogP contribution in [0.3, 0.4) is 0 Å². The summed E-state index contributed by atoms with van der Waals surface area (Å²) in [7, 11) is 1.30. The van der Waals surface area contributed by atoms with E-state index in [0.717, 1.165) is 19.3 Å². The van der Waals surface area contributed by atoms with Crippen LogP contribution >= 0.6 is 0 Å². The molecule has 4 heteroatoms. The molecule has 1 heterocycles. The van der Waals surface area contributed by atoms with E-state index >= 15 is 0 Å². The minimum absolute atomic E-state index is 0.143. The highest BCUT2D eigenvalue weighted by Gasteiger charge is 2.58. The molecule has 0 radical (unpaired) electrons. The van der Waals surface area contributed by atoms with Gasteiger partial charge < -0.3 is 9.47 Å². The van der Waals surface area contributed by atoms with Gasteiger partial charge in [0.2, 0.25) is 0 Å². The Hall–Kier alpha value is -1.58. The van der Waals surface area contributed by atoms with E-state index in [0.29, 0.717) is 5.76 Å². The molecule has 4 nitrogen and oxygen atoms in total. The second-order valence-corrected chi connectivity index (χ2v) is 4.53. The zero-order valence-corrected chi connectivity index (χ0v) is 9.90. The van der Waals surface area contributed by atoms with Gasteiger partial charge in [-0.2, -0.15) is 0 Å². The summed E-state index contributed by atoms with van der Waals surface area (Å²) in [6, 6.07) is 0. The van der Waals surface area contributed by atoms with Crippen LogP contribution < -0.4 is 0 Å². The Morgan fingerprint density at radius 2 is 2.41 bits per heavy atom. The van der Waals surface area contributed by atoms with Gasteiger partial charge >= 0.3 is 11.9 Å². The van der Waals surface area contributed by atoms with Gasteiger partial charge in [-0.1, -0.05) is 18.7 Å². The van der Waals surface area contributed by atoms with E-state index in [1.807, 2.05) is 12.2 Å². The summed E-state index contributed by atoms with van der Waals surface area (Å²) >= 11 is 0. The number of ether oxygens (including phenoxy) is 2. The summed E-state index contributed by atoms with van der Waals surface area (Å²) in [5, 5.41) is 0. The van der Waals surface area contributed by atoms with Gasteiger partial charge in [-0.25, -0.2) is 0 Å². The number of esters is 2. The highest BCUT2D eigenvalue weighted by atomic mass is 16.6. The molecule has 0 aromatic heterocycles. The van der Waals surface area contributed by atoms with Gasteiger partial charge in [0.25, 0.3) is 0 Å². The Bertz CT molecular complexity index is 396. The van der Waals surface area contributed by atoms with Crippen LogP contribution in [-0.2, 0) is 19.1 Å². The van der Waals surface area contributed by atoms with Crippen LogP contribution in [-0.4, -0.2) is 19.0 Å². The van der Waals surface area contributed by atoms with Gasteiger partial charge in [0.05, 0.1) is 7.11 Å². The van der Waals surface area contributed by atoms with Crippen molar-refractivity contribution >= 4 is 11.9 Å². The summed E-state index contributed by atoms with van der Waals surface area (Å²) in [6.07, 6.45) is 6.93. The van der Waals surface area contributed by atoms with Crippen molar-refractivity contribution in [3.05, 3.63) is 24.5 Å². The SMILES string of the molecule is C=C1CC(C(=O)OC)(C2C=CCCC2)C(=O)O1. The highest BCUT2D eigenvalue weighted by Crippen LogP contribution is 2.46. The molecule has 17 heavy (non-hydrogen) atoms. The summed E-state index contributed by atoms with van der Waals surface area (Å²) < 4.78 is 9.78. The first-order valence-corrected chi connectivity index (χ1v) is 5.76. The van der Waals surface area contributed by atoms with Crippen LogP contribution in [0, 0.1) is 11.3 Å². The zero-order chi connectivity index (χ0) is 12.5. The zero-order valence-electron chi connectivity index (χ0n) is 9.90. The Balaban J connectivity index is 2.40. The minimum Gasteiger partial charge on any atom is -0.468 e. The van der Waals surface area contributed by atoms with Crippen LogP contribution in [0.4, 0.5) is 0 Å². The van der Waals surface area contributed by atoms with Crippen molar-refractivity contribution in [1.29, 1.82) is 0 Å². The predicted molar refractivity (Wildman–Crippen MR) is 60.8 cm³/mol. The van der Waals surface area contributed by atoms with Crippen molar-refractivity contribution in [2.75, 3.05) is 7.11 Å². The average Bonchev–Trinajstić information content (AvgIpc) is 2.65. The van der Waals surface area contributed by atoms with E-state index in [4.69, 9.17) is 9.47 Å². The smallest absolute Gasteiger partial charge is 0.329 e. The van der Waals surface area contributed by atoms with Crippen molar-refractivity contribution in [2.45, 2.75) is 25.7 Å². The third kappa shape index (κ3) is 1.77. The molecule has 0 saturated carbocycles. The second kappa shape index (κ2) is 4.35. The molecule has 0 amide bonds. The minimum atomic E-state index is -1.21. The molecular formula is C13H16O4. The van der Waals surface area contributed by atoms with Gasteiger partial charge in [0.15, 0.2) is 5.41 Å². The maximum absolute atomic E-state index is 12.0. The summed E-state index contributed by atoms with van der Waals surface area (Å²) in [5.41, 5.74) is -1.21. The summed E-state index contributed by atoms with van der Waals surface area (Å²) in [5.74, 6) is -0.835. The fourth-order valence-electron chi connectivity index (χ4n) is 2.64. The number of allylic oxidation sites excluding steroid dienone is 3. The van der Waals surface area contributed by atoms with Crippen LogP contribution in [0.25, 0.3) is 0 Å². The van der Waals surface area contributed by atoms with E-state index < -0.39 is 17.4 Å². The molecular weight excluding hydrogens is 220 g/mol. The standard InChI is InChI=1S/C13H16O4/c1-9-8-13(11(14)16-2,12(15)17-9)10-6-4-3-5-7-10/h4,6,10H,1,3,5,7-8H2,2H3. The average molecular weight is 236 g/mol. The normalized spacial score (nSPS) is 32.4. The van der Waals surface area contributed by atoms with Crippen molar-refractivity contribution in [2.24, 2.45) is 11.3 Å². The molecule has 2 rings (SSSR count). The number of methoxy groups -OCH3 is 1. The second-order valence-electron chi connectivity index (χ2n) is 4.53. The van der Waals surface area contributed by atoms with Crippen molar-refractivity contribution in [3.8, 4) is 0 Å². The van der Waals surface area contributed by atoms with Crippen LogP contribution in [0.2, 0.25) is 0 Å². The van der Waals surface area contributed by atoms with E-state index in [9.17, 15) is 9.59 Å². The first kappa shape index (κ1) is 11.9. The van der Waals surface area contributed by atoms with E-state index in [2.05, 4.69) is 6.58 Å². The largest absolute Gasteiger partial charge is 0.468 e. The Morgan fingerprint density at radius 3 is 2.88 bits per heavy atom. The molecule has 0 spiro atoms. The quantitative estimate of drug-likeness (QED) is 0.418. The lowest BCUT2D eigenvalue weighted by atomic mass is 9.70. The van der Waals surface area contributed by atoms with Crippen molar-refractivity contribution < 1.29 is 19.1 Å². The number of cyclic esters (lactones) is 1. The lowest BCUT2D eigenvalue weighted by Crippen LogP contribution is -2.43. The van der Waals surface area contributed by atoms with Gasteiger partial charge in [-0.15, -0.1) is 0 Å². The molecule has 1 fully saturated rings. The Labute approximate surface area is 100 Å². The van der Waals surface area contributed by atoms with Crippen molar-refractivity contribution in [1.82, 2.24) is 0 Å². The molecule has 0 aromatic rings. The number of carbonyl (C=O) groups excluding carboxylic acids is 2. The summed E-state index contributed by atoms with van der Waals surface area (Å²) in [6.45, 7) is 3.64. The molecule has 2 atom stereocenters. The molecule has 1 aliphatic heterocycles. The number of rotatable bonds is 2. The molecule has 1 saturated heterocycles. The molecule has 92 valence electrons. The third-order valence-corrected chi connectivity index (χ3v) is 3.51. The van der Waals surface area contributed by atoms with Gasteiger partial charge in [0, 0.05) is 12.3 Å². The lowest BCUT2D eigenvalue weighted by molar-refractivity contribution is -0.165.